The van der Waals surface area contributed by atoms with E-state index in [0.717, 1.165) is 25.3 Å². The van der Waals surface area contributed by atoms with Crippen LogP contribution in [0.2, 0.25) is 0 Å². The van der Waals surface area contributed by atoms with Gasteiger partial charge in [-0.05, 0) is 30.7 Å². The second-order valence-corrected chi connectivity index (χ2v) is 6.23. The van der Waals surface area contributed by atoms with Gasteiger partial charge in [-0.3, -0.25) is 9.69 Å². The van der Waals surface area contributed by atoms with Crippen molar-refractivity contribution >= 4 is 5.91 Å². The van der Waals surface area contributed by atoms with Crippen molar-refractivity contribution in [1.82, 2.24) is 10.2 Å². The summed E-state index contributed by atoms with van der Waals surface area (Å²) in [5.74, 6) is 1.33. The molecule has 3 rings (SSSR count). The van der Waals surface area contributed by atoms with E-state index in [2.05, 4.69) is 10.2 Å². The third-order valence-corrected chi connectivity index (χ3v) is 4.41. The van der Waals surface area contributed by atoms with Gasteiger partial charge < -0.3 is 19.2 Å². The van der Waals surface area contributed by atoms with Gasteiger partial charge in [-0.2, -0.15) is 0 Å². The largest absolute Gasteiger partial charge is 0.493 e. The number of carbonyl (C=O) groups excluding carboxylic acids is 1. The summed E-state index contributed by atoms with van der Waals surface area (Å²) < 4.78 is 16.7. The molecule has 6 heteroatoms. The van der Waals surface area contributed by atoms with Crippen molar-refractivity contribution in [2.24, 2.45) is 0 Å². The molecule has 1 atom stereocenters. The van der Waals surface area contributed by atoms with Gasteiger partial charge in [-0.15, -0.1) is 0 Å². The SMILES string of the molecule is CCCOc1ccccc1C(=O)NC[C@H](c1ccco1)N1CCOCC1. The zero-order valence-corrected chi connectivity index (χ0v) is 15.1. The molecule has 2 aromatic rings. The molecule has 0 aliphatic carbocycles. The molecule has 1 aromatic carbocycles. The molecule has 1 amide bonds. The molecule has 1 aliphatic heterocycles. The number of hydrogen-bond acceptors (Lipinski definition) is 5. The van der Waals surface area contributed by atoms with Crippen LogP contribution in [0.5, 0.6) is 5.75 Å². The first-order valence-corrected chi connectivity index (χ1v) is 9.15. The van der Waals surface area contributed by atoms with E-state index < -0.39 is 0 Å². The zero-order chi connectivity index (χ0) is 18.2. The van der Waals surface area contributed by atoms with E-state index in [1.165, 1.54) is 0 Å². The third kappa shape index (κ3) is 4.65. The van der Waals surface area contributed by atoms with Crippen molar-refractivity contribution in [1.29, 1.82) is 0 Å². The molecule has 0 radical (unpaired) electrons. The highest BCUT2D eigenvalue weighted by molar-refractivity contribution is 5.96. The summed E-state index contributed by atoms with van der Waals surface area (Å²) in [5.41, 5.74) is 0.557. The average Bonchev–Trinajstić information content (AvgIpc) is 3.22. The summed E-state index contributed by atoms with van der Waals surface area (Å²) in [7, 11) is 0. The Morgan fingerprint density at radius 1 is 1.23 bits per heavy atom. The van der Waals surface area contributed by atoms with E-state index in [4.69, 9.17) is 13.9 Å². The highest BCUT2D eigenvalue weighted by atomic mass is 16.5. The molecule has 6 nitrogen and oxygen atoms in total. The van der Waals surface area contributed by atoms with Gasteiger partial charge >= 0.3 is 0 Å². The highest BCUT2D eigenvalue weighted by Gasteiger charge is 2.25. The molecule has 1 aliphatic rings. The number of nitrogens with zero attached hydrogens (tertiary/aromatic N) is 1. The van der Waals surface area contributed by atoms with Crippen molar-refractivity contribution in [2.45, 2.75) is 19.4 Å². The number of hydrogen-bond donors (Lipinski definition) is 1. The molecular weight excluding hydrogens is 332 g/mol. The second-order valence-electron chi connectivity index (χ2n) is 6.23. The maximum Gasteiger partial charge on any atom is 0.255 e. The van der Waals surface area contributed by atoms with Crippen LogP contribution in [-0.4, -0.2) is 50.3 Å². The predicted octanol–water partition coefficient (Wildman–Crippen LogP) is 2.87. The van der Waals surface area contributed by atoms with Gasteiger partial charge in [0.1, 0.15) is 11.5 Å². The van der Waals surface area contributed by atoms with E-state index in [1.54, 1.807) is 12.3 Å². The van der Waals surface area contributed by atoms with Gasteiger partial charge in [0.05, 0.1) is 37.7 Å². The van der Waals surface area contributed by atoms with Crippen LogP contribution in [0.4, 0.5) is 0 Å². The summed E-state index contributed by atoms with van der Waals surface area (Å²) in [5, 5.41) is 3.04. The number of rotatable bonds is 8. The van der Waals surface area contributed by atoms with Crippen molar-refractivity contribution < 1.29 is 18.7 Å². The molecule has 1 fully saturated rings. The minimum absolute atomic E-state index is 0.0124. The first-order valence-electron chi connectivity index (χ1n) is 9.15. The minimum atomic E-state index is -0.137. The second kappa shape index (κ2) is 9.40. The molecule has 140 valence electrons. The quantitative estimate of drug-likeness (QED) is 0.786. The van der Waals surface area contributed by atoms with E-state index in [9.17, 15) is 4.79 Å². The molecule has 1 aromatic heterocycles. The molecule has 0 unspecified atom stereocenters. The maximum atomic E-state index is 12.7. The lowest BCUT2D eigenvalue weighted by atomic mass is 10.1. The van der Waals surface area contributed by atoms with Gasteiger partial charge in [0, 0.05) is 19.6 Å². The summed E-state index contributed by atoms with van der Waals surface area (Å²) >= 11 is 0. The van der Waals surface area contributed by atoms with Gasteiger partial charge in [-0.25, -0.2) is 0 Å². The summed E-state index contributed by atoms with van der Waals surface area (Å²) in [4.78, 5) is 15.0. The van der Waals surface area contributed by atoms with Crippen LogP contribution in [0.15, 0.2) is 47.1 Å². The fraction of sp³-hybridized carbons (Fsp3) is 0.450. The molecule has 2 heterocycles. The van der Waals surface area contributed by atoms with E-state index in [1.807, 2.05) is 37.3 Å². The van der Waals surface area contributed by atoms with Gasteiger partial charge in [0.2, 0.25) is 0 Å². The lowest BCUT2D eigenvalue weighted by Crippen LogP contribution is -2.43. The minimum Gasteiger partial charge on any atom is -0.493 e. The van der Waals surface area contributed by atoms with E-state index in [0.29, 0.717) is 37.7 Å². The smallest absolute Gasteiger partial charge is 0.255 e. The summed E-state index contributed by atoms with van der Waals surface area (Å²) in [6.07, 6.45) is 2.56. The standard InChI is InChI=1S/C20H26N2O4/c1-2-11-25-18-7-4-3-6-16(18)20(23)21-15-17(19-8-5-12-26-19)22-9-13-24-14-10-22/h3-8,12,17H,2,9-11,13-15H2,1H3,(H,21,23)/t17-/m1/s1. The Morgan fingerprint density at radius 3 is 2.77 bits per heavy atom. The Bertz CT molecular complexity index is 681. The average molecular weight is 358 g/mol. The molecule has 0 saturated carbocycles. The normalized spacial score (nSPS) is 16.2. The van der Waals surface area contributed by atoms with Gasteiger partial charge in [0.25, 0.3) is 5.91 Å². The molecule has 1 N–H and O–H groups in total. The van der Waals surface area contributed by atoms with Crippen LogP contribution in [-0.2, 0) is 4.74 Å². The van der Waals surface area contributed by atoms with Crippen molar-refractivity contribution in [2.75, 3.05) is 39.5 Å². The third-order valence-electron chi connectivity index (χ3n) is 4.41. The number of carbonyl (C=O) groups is 1. The maximum absolute atomic E-state index is 12.7. The number of nitrogens with one attached hydrogen (secondary N) is 1. The van der Waals surface area contributed by atoms with Crippen LogP contribution in [0.25, 0.3) is 0 Å². The lowest BCUT2D eigenvalue weighted by Gasteiger charge is -2.33. The molecule has 0 bridgehead atoms. The molecular formula is C20H26N2O4. The van der Waals surface area contributed by atoms with Crippen molar-refractivity contribution in [3.8, 4) is 5.75 Å². The van der Waals surface area contributed by atoms with Crippen molar-refractivity contribution in [3.63, 3.8) is 0 Å². The molecule has 0 spiro atoms. The molecule has 1 saturated heterocycles. The van der Waals surface area contributed by atoms with Crippen LogP contribution in [0.1, 0.15) is 35.5 Å². The Morgan fingerprint density at radius 2 is 2.04 bits per heavy atom. The van der Waals surface area contributed by atoms with Crippen LogP contribution in [0.3, 0.4) is 0 Å². The fourth-order valence-corrected chi connectivity index (χ4v) is 3.06. The number of furan rings is 1. The fourth-order valence-electron chi connectivity index (χ4n) is 3.06. The Kier molecular flexibility index (Phi) is 6.68. The van der Waals surface area contributed by atoms with E-state index >= 15 is 0 Å². The highest BCUT2D eigenvalue weighted by Crippen LogP contribution is 2.23. The monoisotopic (exact) mass is 358 g/mol. The topological polar surface area (TPSA) is 63.9 Å². The first-order chi connectivity index (χ1) is 12.8. The number of para-hydroxylation sites is 1. The number of morpholine rings is 1. The van der Waals surface area contributed by atoms with Crippen LogP contribution in [0, 0.1) is 0 Å². The first kappa shape index (κ1) is 18.5. The van der Waals surface area contributed by atoms with Gasteiger partial charge in [-0.1, -0.05) is 19.1 Å². The van der Waals surface area contributed by atoms with Crippen LogP contribution < -0.4 is 10.1 Å². The number of benzene rings is 1. The zero-order valence-electron chi connectivity index (χ0n) is 15.1. The Balaban J connectivity index is 1.68. The number of ether oxygens (including phenoxy) is 2. The van der Waals surface area contributed by atoms with Crippen molar-refractivity contribution in [3.05, 3.63) is 54.0 Å². The Labute approximate surface area is 154 Å². The van der Waals surface area contributed by atoms with E-state index in [-0.39, 0.29) is 11.9 Å². The van der Waals surface area contributed by atoms with Crippen LogP contribution >= 0.6 is 0 Å². The molecule has 26 heavy (non-hydrogen) atoms. The van der Waals surface area contributed by atoms with Gasteiger partial charge in [0.15, 0.2) is 0 Å². The number of amides is 1. The predicted molar refractivity (Wildman–Crippen MR) is 98.4 cm³/mol. The Hall–Kier alpha value is -2.31. The lowest BCUT2D eigenvalue weighted by molar-refractivity contribution is 0.0118. The summed E-state index contributed by atoms with van der Waals surface area (Å²) in [6, 6.07) is 11.2. The summed E-state index contributed by atoms with van der Waals surface area (Å²) in [6.45, 7) is 6.12.